The minimum Gasteiger partial charge on any atom is -0.504 e. The van der Waals surface area contributed by atoms with Crippen LogP contribution in [0.4, 0.5) is 4.39 Å². The average Bonchev–Trinajstić information content (AvgIpc) is 2.10. The molecular weight excluding hydrogens is 213 g/mol. The van der Waals surface area contributed by atoms with Gasteiger partial charge >= 0.3 is 0 Å². The van der Waals surface area contributed by atoms with Crippen LogP contribution in [-0.2, 0) is 6.54 Å². The van der Waals surface area contributed by atoms with E-state index in [9.17, 15) is 9.50 Å². The van der Waals surface area contributed by atoms with E-state index in [4.69, 9.17) is 21.9 Å². The quantitative estimate of drug-likeness (QED) is 0.666. The summed E-state index contributed by atoms with van der Waals surface area (Å²) in [6.07, 6.45) is 0. The second-order valence-electron chi connectivity index (χ2n) is 2.84. The van der Waals surface area contributed by atoms with E-state index < -0.39 is 17.3 Å². The van der Waals surface area contributed by atoms with Gasteiger partial charge in [-0.1, -0.05) is 11.6 Å². The Balaban J connectivity index is 3.19. The fourth-order valence-electron chi connectivity index (χ4n) is 1.01. The molecule has 0 fully saturated rings. The summed E-state index contributed by atoms with van der Waals surface area (Å²) in [6.45, 7) is -0.0945. The van der Waals surface area contributed by atoms with Crippen LogP contribution >= 0.6 is 11.6 Å². The molecule has 0 aliphatic heterocycles. The number of aromatic hydroxyl groups is 2. The fourth-order valence-corrected chi connectivity index (χ4v) is 1.23. The molecule has 1 rings (SSSR count). The summed E-state index contributed by atoms with van der Waals surface area (Å²) >= 11 is 5.47. The standard InChI is InChI=1S/C8H9ClFNO3/c1-11(14)3-4-2-5(9)8(13)6(10)7(4)12/h2,12-14H,3H2,1H3. The van der Waals surface area contributed by atoms with E-state index in [0.29, 0.717) is 0 Å². The number of hydroxylamine groups is 2. The molecule has 3 N–H and O–H groups in total. The topological polar surface area (TPSA) is 63.9 Å². The molecule has 0 bridgehead atoms. The highest BCUT2D eigenvalue weighted by atomic mass is 35.5. The summed E-state index contributed by atoms with van der Waals surface area (Å²) in [5.74, 6) is -2.70. The second-order valence-corrected chi connectivity index (χ2v) is 3.25. The molecule has 0 heterocycles. The fraction of sp³-hybridized carbons (Fsp3) is 0.250. The van der Waals surface area contributed by atoms with Gasteiger partial charge in [-0.15, -0.1) is 0 Å². The van der Waals surface area contributed by atoms with Gasteiger partial charge in [0.2, 0.25) is 5.82 Å². The molecule has 0 unspecified atom stereocenters. The molecular formula is C8H9ClFNO3. The molecule has 0 aliphatic carbocycles. The number of hydrogen-bond acceptors (Lipinski definition) is 4. The maximum Gasteiger partial charge on any atom is 0.208 e. The van der Waals surface area contributed by atoms with Gasteiger partial charge in [0.15, 0.2) is 11.5 Å². The molecule has 0 amide bonds. The number of rotatable bonds is 2. The number of phenolic OH excluding ortho intramolecular Hbond substituents is 2. The third-order valence-corrected chi connectivity index (χ3v) is 1.93. The van der Waals surface area contributed by atoms with Crippen molar-refractivity contribution in [2.75, 3.05) is 7.05 Å². The molecule has 0 aliphatic rings. The molecule has 78 valence electrons. The summed E-state index contributed by atoms with van der Waals surface area (Å²) < 4.78 is 13.0. The first-order chi connectivity index (χ1) is 6.43. The maximum atomic E-state index is 13.0. The third kappa shape index (κ3) is 2.06. The van der Waals surface area contributed by atoms with Gasteiger partial charge in [-0.2, -0.15) is 9.45 Å². The van der Waals surface area contributed by atoms with Crippen molar-refractivity contribution < 1.29 is 19.8 Å². The van der Waals surface area contributed by atoms with E-state index in [2.05, 4.69) is 0 Å². The van der Waals surface area contributed by atoms with Crippen molar-refractivity contribution in [2.45, 2.75) is 6.54 Å². The van der Waals surface area contributed by atoms with Gasteiger partial charge in [0.25, 0.3) is 0 Å². The Bertz CT molecular complexity index is 357. The van der Waals surface area contributed by atoms with E-state index in [-0.39, 0.29) is 17.1 Å². The lowest BCUT2D eigenvalue weighted by atomic mass is 10.2. The van der Waals surface area contributed by atoms with Crippen LogP contribution in [0.15, 0.2) is 6.07 Å². The van der Waals surface area contributed by atoms with Crippen LogP contribution in [0.2, 0.25) is 5.02 Å². The molecule has 0 radical (unpaired) electrons. The van der Waals surface area contributed by atoms with E-state index >= 15 is 0 Å². The first kappa shape index (κ1) is 11.0. The zero-order valence-electron chi connectivity index (χ0n) is 7.33. The zero-order chi connectivity index (χ0) is 10.9. The van der Waals surface area contributed by atoms with Crippen LogP contribution < -0.4 is 0 Å². The predicted octanol–water partition coefficient (Wildman–Crippen LogP) is 1.71. The highest BCUT2D eigenvalue weighted by molar-refractivity contribution is 6.32. The smallest absolute Gasteiger partial charge is 0.208 e. The molecule has 4 nitrogen and oxygen atoms in total. The Morgan fingerprint density at radius 3 is 2.50 bits per heavy atom. The molecule has 14 heavy (non-hydrogen) atoms. The first-order valence-corrected chi connectivity index (χ1v) is 4.10. The molecule has 0 aromatic heterocycles. The van der Waals surface area contributed by atoms with Crippen molar-refractivity contribution in [3.05, 3.63) is 22.5 Å². The Kier molecular flexibility index (Phi) is 3.15. The second kappa shape index (κ2) is 4.00. The number of hydrogen-bond donors (Lipinski definition) is 3. The first-order valence-electron chi connectivity index (χ1n) is 3.72. The van der Waals surface area contributed by atoms with E-state index in [1.54, 1.807) is 0 Å². The van der Waals surface area contributed by atoms with Crippen LogP contribution in [0.1, 0.15) is 5.56 Å². The number of phenols is 2. The maximum absolute atomic E-state index is 13.0. The van der Waals surface area contributed by atoms with Crippen LogP contribution in [0.3, 0.4) is 0 Å². The predicted molar refractivity (Wildman–Crippen MR) is 48.0 cm³/mol. The van der Waals surface area contributed by atoms with Crippen molar-refractivity contribution >= 4 is 11.6 Å². The van der Waals surface area contributed by atoms with E-state index in [1.165, 1.54) is 13.1 Å². The van der Waals surface area contributed by atoms with Crippen molar-refractivity contribution in [3.63, 3.8) is 0 Å². The van der Waals surface area contributed by atoms with Crippen LogP contribution in [0, 0.1) is 5.82 Å². The van der Waals surface area contributed by atoms with Crippen molar-refractivity contribution in [2.24, 2.45) is 0 Å². The summed E-state index contributed by atoms with van der Waals surface area (Å²) in [5, 5.41) is 27.6. The minimum absolute atomic E-state index is 0.0929. The summed E-state index contributed by atoms with van der Waals surface area (Å²) in [6, 6.07) is 1.18. The van der Waals surface area contributed by atoms with Gasteiger partial charge < -0.3 is 15.4 Å². The van der Waals surface area contributed by atoms with Gasteiger partial charge in [0.1, 0.15) is 0 Å². The number of benzene rings is 1. The zero-order valence-corrected chi connectivity index (χ0v) is 8.09. The highest BCUT2D eigenvalue weighted by Crippen LogP contribution is 2.35. The summed E-state index contributed by atoms with van der Waals surface area (Å²) in [7, 11) is 1.33. The molecule has 0 saturated heterocycles. The Labute approximate surface area is 84.7 Å². The molecule has 1 aromatic rings. The summed E-state index contributed by atoms with van der Waals surface area (Å²) in [4.78, 5) is 0. The lowest BCUT2D eigenvalue weighted by Crippen LogP contribution is -2.12. The van der Waals surface area contributed by atoms with Crippen molar-refractivity contribution in [3.8, 4) is 11.5 Å². The Hall–Kier alpha value is -1.04. The largest absolute Gasteiger partial charge is 0.504 e. The molecule has 0 atom stereocenters. The third-order valence-electron chi connectivity index (χ3n) is 1.65. The number of halogens is 2. The van der Waals surface area contributed by atoms with Gasteiger partial charge in [-0.05, 0) is 6.07 Å². The van der Waals surface area contributed by atoms with Gasteiger partial charge in [0.05, 0.1) is 11.6 Å². The lowest BCUT2D eigenvalue weighted by Gasteiger charge is -2.11. The monoisotopic (exact) mass is 221 g/mol. The van der Waals surface area contributed by atoms with E-state index in [1.807, 2.05) is 0 Å². The average molecular weight is 222 g/mol. The molecule has 0 saturated carbocycles. The van der Waals surface area contributed by atoms with Gasteiger partial charge in [-0.3, -0.25) is 0 Å². The Morgan fingerprint density at radius 2 is 2.00 bits per heavy atom. The van der Waals surface area contributed by atoms with Crippen molar-refractivity contribution in [1.29, 1.82) is 0 Å². The van der Waals surface area contributed by atoms with Crippen LogP contribution in [-0.4, -0.2) is 27.5 Å². The van der Waals surface area contributed by atoms with E-state index in [0.717, 1.165) is 5.06 Å². The molecule has 0 spiro atoms. The van der Waals surface area contributed by atoms with Crippen LogP contribution in [0.25, 0.3) is 0 Å². The minimum atomic E-state index is -1.19. The SMILES string of the molecule is CN(O)Cc1cc(Cl)c(O)c(F)c1O. The summed E-state index contributed by atoms with van der Waals surface area (Å²) in [5.41, 5.74) is 0.0929. The number of nitrogens with zero attached hydrogens (tertiary/aromatic N) is 1. The normalized spacial score (nSPS) is 10.9. The van der Waals surface area contributed by atoms with Gasteiger partial charge in [0, 0.05) is 12.6 Å². The highest BCUT2D eigenvalue weighted by Gasteiger charge is 2.16. The molecule has 6 heteroatoms. The van der Waals surface area contributed by atoms with Gasteiger partial charge in [-0.25, -0.2) is 0 Å². The lowest BCUT2D eigenvalue weighted by molar-refractivity contribution is -0.0736. The van der Waals surface area contributed by atoms with Crippen molar-refractivity contribution in [1.82, 2.24) is 5.06 Å². The van der Waals surface area contributed by atoms with Crippen LogP contribution in [0.5, 0.6) is 11.5 Å². The Morgan fingerprint density at radius 1 is 1.43 bits per heavy atom. The molecule has 1 aromatic carbocycles.